The Labute approximate surface area is 160 Å². The van der Waals surface area contributed by atoms with Gasteiger partial charge in [0, 0.05) is 6.20 Å². The first kappa shape index (κ1) is 18.7. The van der Waals surface area contributed by atoms with Crippen LogP contribution in [0.2, 0.25) is 0 Å². The number of benzene rings is 1. The Bertz CT molecular complexity index is 995. The van der Waals surface area contributed by atoms with Crippen molar-refractivity contribution in [1.29, 1.82) is 0 Å². The molecule has 1 aromatic carbocycles. The van der Waals surface area contributed by atoms with Crippen molar-refractivity contribution in [2.45, 2.75) is 13.3 Å². The van der Waals surface area contributed by atoms with Crippen LogP contribution < -0.4 is 16.2 Å². The van der Waals surface area contributed by atoms with E-state index in [1.807, 2.05) is 43.3 Å². The molecule has 0 aliphatic rings. The van der Waals surface area contributed by atoms with Gasteiger partial charge < -0.3 is 5.32 Å². The third-order valence-electron chi connectivity index (χ3n) is 3.78. The Morgan fingerprint density at radius 2 is 1.79 bits per heavy atom. The topological polar surface area (TPSA) is 135 Å². The highest BCUT2D eigenvalue weighted by Gasteiger charge is 2.24. The Morgan fingerprint density at radius 1 is 1.04 bits per heavy atom. The maximum absolute atomic E-state index is 12.1. The SMILES string of the molecule is Cc1cccnc1Nc1ncnc(NNC(=O)Cc2ccccc2)c1[N+](=O)[O-]. The quantitative estimate of drug-likeness (QED) is 0.421. The predicted octanol–water partition coefficient (Wildman–Crippen LogP) is 2.52. The van der Waals surface area contributed by atoms with Crippen LogP contribution in [0.15, 0.2) is 55.0 Å². The van der Waals surface area contributed by atoms with Crippen LogP contribution in [0.1, 0.15) is 11.1 Å². The number of anilines is 3. The number of hydrogen-bond donors (Lipinski definition) is 3. The summed E-state index contributed by atoms with van der Waals surface area (Å²) in [5.41, 5.74) is 6.12. The first-order valence-corrected chi connectivity index (χ1v) is 8.31. The number of nitrogens with zero attached hydrogens (tertiary/aromatic N) is 4. The Kier molecular flexibility index (Phi) is 5.70. The van der Waals surface area contributed by atoms with E-state index in [4.69, 9.17) is 0 Å². The average molecular weight is 379 g/mol. The number of hydrazine groups is 1. The smallest absolute Gasteiger partial charge is 0.319 e. The van der Waals surface area contributed by atoms with Gasteiger partial charge in [-0.1, -0.05) is 36.4 Å². The summed E-state index contributed by atoms with van der Waals surface area (Å²) in [5.74, 6) is -0.114. The Balaban J connectivity index is 1.76. The van der Waals surface area contributed by atoms with Crippen LogP contribution in [0.25, 0.3) is 0 Å². The van der Waals surface area contributed by atoms with Gasteiger partial charge in [-0.3, -0.25) is 25.8 Å². The first-order chi connectivity index (χ1) is 13.5. The highest BCUT2D eigenvalue weighted by molar-refractivity contribution is 5.81. The molecule has 10 nitrogen and oxygen atoms in total. The van der Waals surface area contributed by atoms with Crippen molar-refractivity contribution in [3.63, 3.8) is 0 Å². The van der Waals surface area contributed by atoms with Gasteiger partial charge in [0.05, 0.1) is 11.3 Å². The molecule has 2 aromatic heterocycles. The molecule has 0 atom stereocenters. The average Bonchev–Trinajstić information content (AvgIpc) is 2.69. The van der Waals surface area contributed by atoms with E-state index < -0.39 is 10.6 Å². The molecule has 0 bridgehead atoms. The van der Waals surface area contributed by atoms with Gasteiger partial charge in [-0.05, 0) is 24.1 Å². The molecular weight excluding hydrogens is 362 g/mol. The number of aromatic nitrogens is 3. The highest BCUT2D eigenvalue weighted by atomic mass is 16.6. The van der Waals surface area contributed by atoms with Gasteiger partial charge in [0.15, 0.2) is 0 Å². The van der Waals surface area contributed by atoms with Gasteiger partial charge in [-0.15, -0.1) is 0 Å². The van der Waals surface area contributed by atoms with Crippen LogP contribution in [0.5, 0.6) is 0 Å². The number of carbonyl (C=O) groups excluding carboxylic acids is 1. The molecule has 3 aromatic rings. The lowest BCUT2D eigenvalue weighted by molar-refractivity contribution is -0.383. The zero-order valence-electron chi connectivity index (χ0n) is 14.9. The van der Waals surface area contributed by atoms with Crippen LogP contribution in [-0.2, 0) is 11.2 Å². The normalized spacial score (nSPS) is 10.2. The molecule has 28 heavy (non-hydrogen) atoms. The second kappa shape index (κ2) is 8.54. The number of carbonyl (C=O) groups is 1. The molecule has 0 aliphatic carbocycles. The lowest BCUT2D eigenvalue weighted by atomic mass is 10.1. The zero-order chi connectivity index (χ0) is 19.9. The maximum Gasteiger partial charge on any atom is 0.355 e. The molecule has 10 heteroatoms. The maximum atomic E-state index is 12.1. The molecule has 142 valence electrons. The summed E-state index contributed by atoms with van der Waals surface area (Å²) in [6.45, 7) is 1.81. The molecule has 0 saturated carbocycles. The monoisotopic (exact) mass is 379 g/mol. The van der Waals surface area contributed by atoms with Gasteiger partial charge in [-0.2, -0.15) is 0 Å². The molecule has 0 fully saturated rings. The van der Waals surface area contributed by atoms with Gasteiger partial charge in [0.2, 0.25) is 17.5 Å². The Morgan fingerprint density at radius 3 is 2.50 bits per heavy atom. The summed E-state index contributed by atoms with van der Waals surface area (Å²) in [6, 6.07) is 12.7. The van der Waals surface area contributed by atoms with Crippen LogP contribution >= 0.6 is 0 Å². The van der Waals surface area contributed by atoms with Crippen LogP contribution in [0.3, 0.4) is 0 Å². The van der Waals surface area contributed by atoms with E-state index in [2.05, 4.69) is 31.1 Å². The van der Waals surface area contributed by atoms with Crippen molar-refractivity contribution < 1.29 is 9.72 Å². The standard InChI is InChI=1S/C18H17N7O3/c1-12-6-5-9-19-16(12)22-17-15(25(27)28)18(21-11-20-17)24-23-14(26)10-13-7-3-2-4-8-13/h2-9,11H,10H2,1H3,(H,23,26)(H2,19,20,21,22,24). The third kappa shape index (κ3) is 4.55. The van der Waals surface area contributed by atoms with Gasteiger partial charge in [-0.25, -0.2) is 15.0 Å². The number of nitrogens with one attached hydrogen (secondary N) is 3. The summed E-state index contributed by atoms with van der Waals surface area (Å²) >= 11 is 0. The van der Waals surface area contributed by atoms with Crippen LogP contribution in [0.4, 0.5) is 23.1 Å². The minimum atomic E-state index is -0.633. The van der Waals surface area contributed by atoms with E-state index in [0.29, 0.717) is 5.82 Å². The number of aryl methyl sites for hydroxylation is 1. The molecule has 0 spiro atoms. The zero-order valence-corrected chi connectivity index (χ0v) is 14.9. The minimum Gasteiger partial charge on any atom is -0.319 e. The second-order valence-corrected chi connectivity index (χ2v) is 5.81. The summed E-state index contributed by atoms with van der Waals surface area (Å²) in [4.78, 5) is 34.9. The molecule has 1 amide bonds. The van der Waals surface area contributed by atoms with Gasteiger partial charge >= 0.3 is 5.69 Å². The number of pyridine rings is 1. The van der Waals surface area contributed by atoms with Crippen molar-refractivity contribution in [3.8, 4) is 0 Å². The molecule has 3 N–H and O–H groups in total. The summed E-state index contributed by atoms with van der Waals surface area (Å²) < 4.78 is 0. The number of amides is 1. The largest absolute Gasteiger partial charge is 0.355 e. The van der Waals surface area contributed by atoms with E-state index in [-0.39, 0.29) is 24.0 Å². The first-order valence-electron chi connectivity index (χ1n) is 8.31. The highest BCUT2D eigenvalue weighted by Crippen LogP contribution is 2.30. The summed E-state index contributed by atoms with van der Waals surface area (Å²) in [5, 5.41) is 14.4. The van der Waals surface area contributed by atoms with E-state index in [1.54, 1.807) is 12.3 Å². The van der Waals surface area contributed by atoms with E-state index in [1.165, 1.54) is 0 Å². The minimum absolute atomic E-state index is 0.0402. The van der Waals surface area contributed by atoms with Gasteiger partial charge in [0.25, 0.3) is 0 Å². The van der Waals surface area contributed by atoms with Crippen LogP contribution in [0, 0.1) is 17.0 Å². The molecule has 0 unspecified atom stereocenters. The number of hydrogen-bond acceptors (Lipinski definition) is 8. The molecular formula is C18H17N7O3. The van der Waals surface area contributed by atoms with Gasteiger partial charge in [0.1, 0.15) is 12.1 Å². The summed E-state index contributed by atoms with van der Waals surface area (Å²) in [6.07, 6.45) is 2.83. The second-order valence-electron chi connectivity index (χ2n) is 5.81. The third-order valence-corrected chi connectivity index (χ3v) is 3.78. The molecule has 2 heterocycles. The van der Waals surface area contributed by atoms with Crippen molar-refractivity contribution >= 4 is 29.0 Å². The summed E-state index contributed by atoms with van der Waals surface area (Å²) in [7, 11) is 0. The lowest BCUT2D eigenvalue weighted by Gasteiger charge is -2.11. The van der Waals surface area contributed by atoms with E-state index in [0.717, 1.165) is 17.5 Å². The lowest BCUT2D eigenvalue weighted by Crippen LogP contribution is -2.31. The number of rotatable bonds is 7. The molecule has 0 saturated heterocycles. The fourth-order valence-electron chi connectivity index (χ4n) is 2.42. The van der Waals surface area contributed by atoms with Crippen LogP contribution in [-0.4, -0.2) is 25.8 Å². The number of nitro groups is 1. The molecule has 3 rings (SSSR count). The van der Waals surface area contributed by atoms with Crippen molar-refractivity contribution in [1.82, 2.24) is 20.4 Å². The molecule has 0 radical (unpaired) electrons. The van der Waals surface area contributed by atoms with Crippen molar-refractivity contribution in [2.24, 2.45) is 0 Å². The van der Waals surface area contributed by atoms with Crippen molar-refractivity contribution in [3.05, 3.63) is 76.2 Å². The van der Waals surface area contributed by atoms with E-state index in [9.17, 15) is 14.9 Å². The fraction of sp³-hybridized carbons (Fsp3) is 0.111. The fourth-order valence-corrected chi connectivity index (χ4v) is 2.42. The predicted molar refractivity (Wildman–Crippen MR) is 103 cm³/mol. The Hall–Kier alpha value is -4.08. The van der Waals surface area contributed by atoms with Crippen molar-refractivity contribution in [2.75, 3.05) is 10.7 Å². The molecule has 0 aliphatic heterocycles. The van der Waals surface area contributed by atoms with E-state index >= 15 is 0 Å².